The number of pyridine rings is 1. The normalized spacial score (nSPS) is 22.8. The zero-order valence-electron chi connectivity index (χ0n) is 21.7. The lowest BCUT2D eigenvalue weighted by Gasteiger charge is -2.43. The first kappa shape index (κ1) is 26.7. The van der Waals surface area contributed by atoms with Crippen molar-refractivity contribution < 1.29 is 34.3 Å². The van der Waals surface area contributed by atoms with Gasteiger partial charge in [0.05, 0.1) is 20.8 Å². The molecule has 0 saturated carbocycles. The van der Waals surface area contributed by atoms with Gasteiger partial charge >= 0.3 is 11.6 Å². The Labute approximate surface area is 224 Å². The molecule has 1 aromatic heterocycles. The number of methoxy groups -OCH3 is 2. The smallest absolute Gasteiger partial charge is 0.325 e. The molecule has 2 fully saturated rings. The van der Waals surface area contributed by atoms with E-state index in [1.807, 2.05) is 0 Å². The Morgan fingerprint density at radius 1 is 1.10 bits per heavy atom. The topological polar surface area (TPSA) is 158 Å². The zero-order valence-corrected chi connectivity index (χ0v) is 21.7. The number of piperidine rings is 1. The number of rotatable bonds is 8. The molecule has 0 aliphatic carbocycles. The fourth-order valence-electron chi connectivity index (χ4n) is 5.82. The number of quaternary nitrogens is 1. The summed E-state index contributed by atoms with van der Waals surface area (Å²) in [6.45, 7) is 1.29. The highest BCUT2D eigenvalue weighted by Gasteiger charge is 2.40. The number of likely N-dealkylation sites (tertiary alicyclic amines) is 1. The van der Waals surface area contributed by atoms with Crippen LogP contribution in [0.1, 0.15) is 36.4 Å². The number of ether oxygens (including phenoxy) is 2. The number of amides is 4. The number of hydrogen-bond donors (Lipinski definition) is 3. The number of urea groups is 1. The van der Waals surface area contributed by atoms with E-state index in [4.69, 9.17) is 9.47 Å². The fraction of sp³-hybridized carbons (Fsp3) is 0.462. The second-order valence-electron chi connectivity index (χ2n) is 10.1. The Morgan fingerprint density at radius 3 is 2.59 bits per heavy atom. The van der Waals surface area contributed by atoms with Crippen molar-refractivity contribution in [3.8, 4) is 11.5 Å². The minimum atomic E-state index is -1.25. The van der Waals surface area contributed by atoms with Crippen LogP contribution in [0, 0.1) is 11.1 Å². The highest BCUT2D eigenvalue weighted by atomic mass is 16.8. The highest BCUT2D eigenvalue weighted by molar-refractivity contribution is 6.04. The number of carbonyl (C=O) groups excluding carboxylic acids is 3. The van der Waals surface area contributed by atoms with E-state index in [2.05, 4.69) is 5.32 Å². The van der Waals surface area contributed by atoms with E-state index in [1.54, 1.807) is 29.2 Å². The second-order valence-corrected chi connectivity index (χ2v) is 10.1. The van der Waals surface area contributed by atoms with Crippen LogP contribution >= 0.6 is 0 Å². The van der Waals surface area contributed by atoms with E-state index in [-0.39, 0.29) is 48.7 Å². The van der Waals surface area contributed by atoms with Crippen LogP contribution in [0.2, 0.25) is 0 Å². The molecule has 0 spiro atoms. The standard InChI is InChI=1S/C26H31N5O8/c1-38-21-7-3-15(10-22(21)39-2)12-30-24(33)18(27-26(30)35)4-8-23(32)28-11-16-9-17(14-28)19-5-6-20(31(36)37)25(34)29(19)13-16/h3,5-7,10,16-18,31,36H,4,8-9,11-14H2,1-2H3,(H,27,35)/t16-,17+,18+/m1/s1. The lowest BCUT2D eigenvalue weighted by atomic mass is 9.83. The van der Waals surface area contributed by atoms with Gasteiger partial charge < -0.3 is 29.5 Å². The summed E-state index contributed by atoms with van der Waals surface area (Å²) in [6.07, 6.45) is 1.08. The number of nitrogens with one attached hydrogen (secondary N) is 2. The largest absolute Gasteiger partial charge is 0.595 e. The van der Waals surface area contributed by atoms with Crippen LogP contribution in [0.5, 0.6) is 11.5 Å². The van der Waals surface area contributed by atoms with Gasteiger partial charge in [0.1, 0.15) is 6.04 Å². The van der Waals surface area contributed by atoms with Gasteiger partial charge in [-0.25, -0.2) is 10.0 Å². The minimum absolute atomic E-state index is 0.0340. The molecule has 2 aromatic rings. The molecule has 13 nitrogen and oxygen atoms in total. The molecule has 4 amide bonds. The Bertz CT molecular complexity index is 1360. The van der Waals surface area contributed by atoms with Crippen LogP contribution in [0.25, 0.3) is 0 Å². The number of imide groups is 1. The number of fused-ring (bicyclic) bond motifs is 4. The van der Waals surface area contributed by atoms with Gasteiger partial charge in [0.15, 0.2) is 11.5 Å². The molecule has 13 heteroatoms. The maximum atomic E-state index is 13.1. The van der Waals surface area contributed by atoms with Gasteiger partial charge in [0.25, 0.3) is 5.91 Å². The van der Waals surface area contributed by atoms with E-state index in [0.717, 1.165) is 17.0 Å². The Morgan fingerprint density at radius 2 is 1.87 bits per heavy atom. The Kier molecular flexibility index (Phi) is 7.30. The predicted octanol–water partition coefficient (Wildman–Crippen LogP) is 0.115. The monoisotopic (exact) mass is 541 g/mol. The van der Waals surface area contributed by atoms with Crippen LogP contribution in [0.3, 0.4) is 0 Å². The maximum Gasteiger partial charge on any atom is 0.325 e. The first-order valence-corrected chi connectivity index (χ1v) is 12.8. The van der Waals surface area contributed by atoms with Crippen molar-refractivity contribution in [3.63, 3.8) is 0 Å². The quantitative estimate of drug-likeness (QED) is 0.314. The summed E-state index contributed by atoms with van der Waals surface area (Å²) in [5.41, 5.74) is 0.670. The van der Waals surface area contributed by atoms with E-state index in [9.17, 15) is 29.6 Å². The summed E-state index contributed by atoms with van der Waals surface area (Å²) in [7, 11) is 3.03. The number of carbonyl (C=O) groups is 3. The summed E-state index contributed by atoms with van der Waals surface area (Å²) in [5, 5.41) is 22.1. The van der Waals surface area contributed by atoms with Crippen molar-refractivity contribution in [2.24, 2.45) is 5.92 Å². The first-order chi connectivity index (χ1) is 18.7. The molecule has 4 heterocycles. The average molecular weight is 542 g/mol. The summed E-state index contributed by atoms with van der Waals surface area (Å²) < 4.78 is 12.1. The van der Waals surface area contributed by atoms with Gasteiger partial charge in [-0.05, 0) is 42.5 Å². The summed E-state index contributed by atoms with van der Waals surface area (Å²) >= 11 is 0. The fourth-order valence-corrected chi connectivity index (χ4v) is 5.82. The Balaban J connectivity index is 1.19. The van der Waals surface area contributed by atoms with E-state index < -0.39 is 22.9 Å². The molecule has 3 N–H and O–H groups in total. The number of hydrogen-bond acceptors (Lipinski definition) is 8. The number of nitrogens with zero attached hydrogens (tertiary/aromatic N) is 3. The van der Waals surface area contributed by atoms with Gasteiger partial charge in [-0.2, -0.15) is 5.23 Å². The van der Waals surface area contributed by atoms with Crippen molar-refractivity contribution in [2.75, 3.05) is 27.3 Å². The zero-order chi connectivity index (χ0) is 27.8. The highest BCUT2D eigenvalue weighted by Crippen LogP contribution is 2.35. The van der Waals surface area contributed by atoms with Crippen LogP contribution < -0.4 is 25.6 Å². The molecule has 3 aliphatic rings. The summed E-state index contributed by atoms with van der Waals surface area (Å²) in [5.74, 6) is 0.486. The van der Waals surface area contributed by atoms with Crippen molar-refractivity contribution >= 4 is 23.5 Å². The van der Waals surface area contributed by atoms with Gasteiger partial charge in [-0.3, -0.25) is 19.3 Å². The van der Waals surface area contributed by atoms with Crippen molar-refractivity contribution in [1.82, 2.24) is 19.7 Å². The first-order valence-electron chi connectivity index (χ1n) is 12.8. The van der Waals surface area contributed by atoms with E-state index >= 15 is 0 Å². The van der Waals surface area contributed by atoms with Crippen molar-refractivity contribution in [1.29, 1.82) is 0 Å². The van der Waals surface area contributed by atoms with Crippen molar-refractivity contribution in [3.05, 3.63) is 57.2 Å². The number of aromatic nitrogens is 1. The van der Waals surface area contributed by atoms with Gasteiger partial charge in [0, 0.05) is 43.7 Å². The molecule has 5 rings (SSSR count). The van der Waals surface area contributed by atoms with Crippen LogP contribution in [0.4, 0.5) is 10.5 Å². The molecule has 2 saturated heterocycles. The molecule has 1 aromatic carbocycles. The SMILES string of the molecule is COc1ccc(CN2C(=O)N[C@@H](CCC(=O)N3C[C@H]4C[C@@H](C3)c3ccc([NH+]([O-])O)c(=O)n3C4)C2=O)cc1OC. The Hall–Kier alpha value is -3.94. The second kappa shape index (κ2) is 10.7. The van der Waals surface area contributed by atoms with E-state index in [0.29, 0.717) is 36.7 Å². The lowest BCUT2D eigenvalue weighted by molar-refractivity contribution is -0.992. The van der Waals surface area contributed by atoms with Crippen LogP contribution in [-0.4, -0.2) is 70.8 Å². The van der Waals surface area contributed by atoms with Gasteiger partial charge in [-0.1, -0.05) is 6.07 Å². The van der Waals surface area contributed by atoms with Crippen LogP contribution in [-0.2, 0) is 22.7 Å². The molecule has 4 atom stereocenters. The third kappa shape index (κ3) is 5.07. The molecule has 3 aliphatic heterocycles. The lowest BCUT2D eigenvalue weighted by Crippen LogP contribution is -3.00. The molecular formula is C26H31N5O8. The molecule has 0 radical (unpaired) electrons. The predicted molar refractivity (Wildman–Crippen MR) is 136 cm³/mol. The van der Waals surface area contributed by atoms with Crippen LogP contribution in [0.15, 0.2) is 35.1 Å². The number of benzene rings is 1. The minimum Gasteiger partial charge on any atom is -0.595 e. The average Bonchev–Trinajstić information content (AvgIpc) is 3.19. The van der Waals surface area contributed by atoms with Gasteiger partial charge in [0.2, 0.25) is 11.6 Å². The molecule has 2 bridgehead atoms. The molecule has 208 valence electrons. The van der Waals surface area contributed by atoms with Gasteiger partial charge in [-0.15, -0.1) is 0 Å². The van der Waals surface area contributed by atoms with Crippen molar-refractivity contribution in [2.45, 2.75) is 44.3 Å². The third-order valence-corrected chi connectivity index (χ3v) is 7.73. The van der Waals surface area contributed by atoms with E-state index in [1.165, 1.54) is 24.9 Å². The summed E-state index contributed by atoms with van der Waals surface area (Å²) in [6, 6.07) is 6.86. The molecule has 39 heavy (non-hydrogen) atoms. The molecule has 1 unspecified atom stereocenters. The third-order valence-electron chi connectivity index (χ3n) is 7.73. The summed E-state index contributed by atoms with van der Waals surface area (Å²) in [4.78, 5) is 54.1. The molecular weight excluding hydrogens is 510 g/mol. The maximum absolute atomic E-state index is 13.1.